The van der Waals surface area contributed by atoms with Crippen LogP contribution in [0.2, 0.25) is 10.0 Å². The molecular weight excluding hydrogens is 307 g/mol. The zero-order valence-corrected chi connectivity index (χ0v) is 13.5. The highest BCUT2D eigenvalue weighted by Gasteiger charge is 2.30. The predicted octanol–water partition coefficient (Wildman–Crippen LogP) is 3.60. The lowest BCUT2D eigenvalue weighted by Gasteiger charge is -2.26. The van der Waals surface area contributed by atoms with Crippen LogP contribution in [0.5, 0.6) is 0 Å². The number of halogens is 2. The minimum absolute atomic E-state index is 0.00287. The summed E-state index contributed by atoms with van der Waals surface area (Å²) in [4.78, 5) is 14.8. The molecule has 3 nitrogen and oxygen atoms in total. The summed E-state index contributed by atoms with van der Waals surface area (Å²) in [5.74, 6) is 0.663. The van der Waals surface area contributed by atoms with Crippen molar-refractivity contribution < 1.29 is 4.79 Å². The van der Waals surface area contributed by atoms with Crippen LogP contribution in [0.4, 0.5) is 0 Å². The Morgan fingerprint density at radius 1 is 1.24 bits per heavy atom. The van der Waals surface area contributed by atoms with Gasteiger partial charge >= 0.3 is 0 Å². The second-order valence-electron chi connectivity index (χ2n) is 6.05. The molecule has 1 aromatic carbocycles. The maximum atomic E-state index is 12.8. The van der Waals surface area contributed by atoms with Crippen molar-refractivity contribution in [3.63, 3.8) is 0 Å². The fraction of sp³-hybridized carbons (Fsp3) is 0.562. The maximum absolute atomic E-state index is 12.8. The molecule has 0 spiro atoms. The van der Waals surface area contributed by atoms with E-state index in [1.54, 1.807) is 18.2 Å². The zero-order chi connectivity index (χ0) is 14.8. The summed E-state index contributed by atoms with van der Waals surface area (Å²) in [5.41, 5.74) is 0.516. The lowest BCUT2D eigenvalue weighted by atomic mass is 10.1. The van der Waals surface area contributed by atoms with Crippen molar-refractivity contribution in [1.29, 1.82) is 0 Å². The number of nitrogens with one attached hydrogen (secondary N) is 1. The average molecular weight is 327 g/mol. The van der Waals surface area contributed by atoms with E-state index in [4.69, 9.17) is 23.2 Å². The number of benzene rings is 1. The van der Waals surface area contributed by atoms with Crippen molar-refractivity contribution in [2.75, 3.05) is 19.6 Å². The molecule has 1 saturated carbocycles. The summed E-state index contributed by atoms with van der Waals surface area (Å²) in [6, 6.07) is 5.67. The van der Waals surface area contributed by atoms with Crippen LogP contribution in [-0.4, -0.2) is 36.5 Å². The number of amides is 1. The molecule has 1 aliphatic heterocycles. The van der Waals surface area contributed by atoms with Crippen LogP contribution < -0.4 is 5.32 Å². The van der Waals surface area contributed by atoms with E-state index >= 15 is 0 Å². The predicted molar refractivity (Wildman–Crippen MR) is 86.1 cm³/mol. The first-order chi connectivity index (χ1) is 10.1. The third kappa shape index (κ3) is 3.71. The van der Waals surface area contributed by atoms with Crippen LogP contribution in [0.15, 0.2) is 18.2 Å². The van der Waals surface area contributed by atoms with Gasteiger partial charge in [0, 0.05) is 19.1 Å². The molecule has 5 heteroatoms. The maximum Gasteiger partial charge on any atom is 0.255 e. The molecular formula is C16H20Cl2N2O. The summed E-state index contributed by atoms with van der Waals surface area (Å²) < 4.78 is 0. The van der Waals surface area contributed by atoms with Gasteiger partial charge in [-0.15, -0.1) is 0 Å². The normalized spacial score (nSPS) is 21.5. The molecule has 0 aromatic heterocycles. The topological polar surface area (TPSA) is 32.3 Å². The van der Waals surface area contributed by atoms with Gasteiger partial charge < -0.3 is 10.2 Å². The van der Waals surface area contributed by atoms with Crippen LogP contribution >= 0.6 is 23.2 Å². The first kappa shape index (κ1) is 15.1. The number of hydrogen-bond acceptors (Lipinski definition) is 2. The summed E-state index contributed by atoms with van der Waals surface area (Å²) >= 11 is 12.2. The monoisotopic (exact) mass is 326 g/mol. The van der Waals surface area contributed by atoms with Gasteiger partial charge in [0.05, 0.1) is 15.6 Å². The molecule has 21 heavy (non-hydrogen) atoms. The molecule has 1 N–H and O–H groups in total. The number of carbonyl (C=O) groups excluding carboxylic acids is 1. The van der Waals surface area contributed by atoms with E-state index in [1.165, 1.54) is 19.3 Å². The van der Waals surface area contributed by atoms with E-state index < -0.39 is 0 Å². The molecule has 1 saturated heterocycles. The Balaban J connectivity index is 1.76. The summed E-state index contributed by atoms with van der Waals surface area (Å²) in [6.07, 6.45) is 4.78. The Hall–Kier alpha value is -0.770. The minimum Gasteiger partial charge on any atom is -0.337 e. The highest BCUT2D eigenvalue weighted by atomic mass is 35.5. The third-order valence-corrected chi connectivity index (χ3v) is 5.07. The molecule has 1 atom stereocenters. The van der Waals surface area contributed by atoms with Gasteiger partial charge in [0.25, 0.3) is 5.91 Å². The van der Waals surface area contributed by atoms with Gasteiger partial charge in [-0.25, -0.2) is 0 Å². The third-order valence-electron chi connectivity index (χ3n) is 4.25. The number of nitrogens with zero attached hydrogens (tertiary/aromatic N) is 1. The summed E-state index contributed by atoms with van der Waals surface area (Å²) in [7, 11) is 0. The SMILES string of the molecule is O=C(c1cccc(Cl)c1Cl)N(CC1CC1)CC1CCCN1. The molecule has 114 valence electrons. The number of rotatable bonds is 5. The quantitative estimate of drug-likeness (QED) is 0.896. The molecule has 1 aliphatic carbocycles. The Labute approximate surface area is 135 Å². The van der Waals surface area contributed by atoms with Crippen LogP contribution in [0, 0.1) is 5.92 Å². The highest BCUT2D eigenvalue weighted by molar-refractivity contribution is 6.43. The van der Waals surface area contributed by atoms with E-state index in [0.717, 1.165) is 26.1 Å². The number of hydrogen-bond donors (Lipinski definition) is 1. The van der Waals surface area contributed by atoms with Crippen molar-refractivity contribution in [3.05, 3.63) is 33.8 Å². The van der Waals surface area contributed by atoms with Crippen molar-refractivity contribution in [2.45, 2.75) is 31.7 Å². The van der Waals surface area contributed by atoms with Gasteiger partial charge in [0.15, 0.2) is 0 Å². The standard InChI is InChI=1S/C16H20Cl2N2O/c17-14-5-1-4-13(15(14)18)16(21)20(9-11-6-7-11)10-12-3-2-8-19-12/h1,4-5,11-12,19H,2-3,6-10H2. The van der Waals surface area contributed by atoms with Crippen LogP contribution in [0.25, 0.3) is 0 Å². The van der Waals surface area contributed by atoms with Gasteiger partial charge in [0.2, 0.25) is 0 Å². The van der Waals surface area contributed by atoms with E-state index in [9.17, 15) is 4.79 Å². The van der Waals surface area contributed by atoms with Gasteiger partial charge in [-0.1, -0.05) is 29.3 Å². The van der Waals surface area contributed by atoms with E-state index in [1.807, 2.05) is 4.90 Å². The van der Waals surface area contributed by atoms with Crippen molar-refractivity contribution in [2.24, 2.45) is 5.92 Å². The molecule has 0 radical (unpaired) electrons. The Morgan fingerprint density at radius 3 is 2.71 bits per heavy atom. The molecule has 1 aromatic rings. The van der Waals surface area contributed by atoms with Gasteiger partial charge in [-0.3, -0.25) is 4.79 Å². The Kier molecular flexibility index (Phi) is 4.72. The lowest BCUT2D eigenvalue weighted by Crippen LogP contribution is -2.42. The van der Waals surface area contributed by atoms with Gasteiger partial charge in [-0.2, -0.15) is 0 Å². The first-order valence-corrected chi connectivity index (χ1v) is 8.37. The fourth-order valence-electron chi connectivity index (χ4n) is 2.87. The van der Waals surface area contributed by atoms with E-state index in [0.29, 0.717) is 27.6 Å². The van der Waals surface area contributed by atoms with Crippen LogP contribution in [0.3, 0.4) is 0 Å². The Bertz CT molecular complexity index is 525. The second kappa shape index (κ2) is 6.55. The van der Waals surface area contributed by atoms with Crippen LogP contribution in [0.1, 0.15) is 36.0 Å². The van der Waals surface area contributed by atoms with Crippen molar-refractivity contribution in [1.82, 2.24) is 10.2 Å². The smallest absolute Gasteiger partial charge is 0.255 e. The molecule has 3 rings (SSSR count). The summed E-state index contributed by atoms with van der Waals surface area (Å²) in [5, 5.41) is 4.26. The molecule has 2 fully saturated rings. The fourth-order valence-corrected chi connectivity index (χ4v) is 3.25. The largest absolute Gasteiger partial charge is 0.337 e. The van der Waals surface area contributed by atoms with Crippen molar-refractivity contribution in [3.8, 4) is 0 Å². The van der Waals surface area contributed by atoms with Gasteiger partial charge in [-0.05, 0) is 50.3 Å². The summed E-state index contributed by atoms with van der Waals surface area (Å²) in [6.45, 7) is 2.64. The molecule has 1 amide bonds. The minimum atomic E-state index is 0.00287. The van der Waals surface area contributed by atoms with Crippen LogP contribution in [-0.2, 0) is 0 Å². The van der Waals surface area contributed by atoms with Gasteiger partial charge in [0.1, 0.15) is 0 Å². The number of carbonyl (C=O) groups is 1. The van der Waals surface area contributed by atoms with Crippen molar-refractivity contribution >= 4 is 29.1 Å². The van der Waals surface area contributed by atoms with E-state index in [2.05, 4.69) is 5.32 Å². The average Bonchev–Trinajstić information content (AvgIpc) is 3.14. The van der Waals surface area contributed by atoms with E-state index in [-0.39, 0.29) is 5.91 Å². The molecule has 1 unspecified atom stereocenters. The molecule has 0 bridgehead atoms. The lowest BCUT2D eigenvalue weighted by molar-refractivity contribution is 0.0733. The molecule has 1 heterocycles. The highest BCUT2D eigenvalue weighted by Crippen LogP contribution is 2.32. The Morgan fingerprint density at radius 2 is 2.05 bits per heavy atom. The second-order valence-corrected chi connectivity index (χ2v) is 6.83. The zero-order valence-electron chi connectivity index (χ0n) is 11.9. The first-order valence-electron chi connectivity index (χ1n) is 7.62. The molecule has 2 aliphatic rings.